The predicted molar refractivity (Wildman–Crippen MR) is 87.0 cm³/mol. The van der Waals surface area contributed by atoms with Crippen LogP contribution in [-0.4, -0.2) is 21.3 Å². The molecule has 4 nitrogen and oxygen atoms in total. The van der Waals surface area contributed by atoms with Gasteiger partial charge in [0.25, 0.3) is 0 Å². The van der Waals surface area contributed by atoms with Crippen molar-refractivity contribution in [3.05, 3.63) is 71.9 Å². The van der Waals surface area contributed by atoms with Crippen LogP contribution in [0.1, 0.15) is 16.1 Å². The predicted octanol–water partition coefficient (Wildman–Crippen LogP) is 4.07. The van der Waals surface area contributed by atoms with Crippen molar-refractivity contribution >= 4 is 17.7 Å². The van der Waals surface area contributed by atoms with Crippen molar-refractivity contribution in [1.82, 2.24) is 10.2 Å². The first-order valence-electron chi connectivity index (χ1n) is 6.78. The largest absolute Gasteiger partial charge is 0.477 e. The number of nitrogens with zero attached hydrogens (tertiary/aromatic N) is 1. The highest BCUT2D eigenvalue weighted by Gasteiger charge is 2.09. The summed E-state index contributed by atoms with van der Waals surface area (Å²) in [7, 11) is 0. The minimum absolute atomic E-state index is 0.0949. The Balaban J connectivity index is 1.68. The molecule has 0 aliphatic rings. The van der Waals surface area contributed by atoms with Crippen LogP contribution in [0.25, 0.3) is 11.3 Å². The van der Waals surface area contributed by atoms with Crippen molar-refractivity contribution in [1.29, 1.82) is 0 Å². The summed E-state index contributed by atoms with van der Waals surface area (Å²) >= 11 is 1.77. The van der Waals surface area contributed by atoms with Gasteiger partial charge in [-0.1, -0.05) is 42.5 Å². The summed E-state index contributed by atoms with van der Waals surface area (Å²) in [4.78, 5) is 12.0. The van der Waals surface area contributed by atoms with E-state index in [1.807, 2.05) is 42.5 Å². The number of hydrogen-bond donors (Lipinski definition) is 2. The van der Waals surface area contributed by atoms with Crippen LogP contribution in [0.15, 0.2) is 65.6 Å². The van der Waals surface area contributed by atoms with E-state index in [0.29, 0.717) is 5.69 Å². The van der Waals surface area contributed by atoms with Crippen molar-refractivity contribution in [2.75, 3.05) is 0 Å². The van der Waals surface area contributed by atoms with E-state index in [1.54, 1.807) is 11.8 Å². The van der Waals surface area contributed by atoms with Gasteiger partial charge in [-0.25, -0.2) is 4.79 Å². The number of aromatic amines is 1. The van der Waals surface area contributed by atoms with Gasteiger partial charge in [-0.2, -0.15) is 5.10 Å². The van der Waals surface area contributed by atoms with E-state index in [0.717, 1.165) is 11.3 Å². The molecule has 0 bridgehead atoms. The number of carbonyl (C=O) groups is 1. The average molecular weight is 310 g/mol. The Morgan fingerprint density at radius 2 is 1.82 bits per heavy atom. The number of benzene rings is 2. The molecule has 0 saturated heterocycles. The molecule has 2 aromatic carbocycles. The van der Waals surface area contributed by atoms with Gasteiger partial charge in [-0.05, 0) is 23.8 Å². The standard InChI is InChI=1S/C17H14N2O2S/c20-17(21)16-10-15(18-19-16)13-6-8-14(9-7-13)22-11-12-4-2-1-3-5-12/h1-10H,11H2,(H,18,19)(H,20,21). The molecule has 110 valence electrons. The van der Waals surface area contributed by atoms with Crippen molar-refractivity contribution in [3.63, 3.8) is 0 Å². The molecule has 0 aliphatic heterocycles. The Labute approximate surface area is 132 Å². The summed E-state index contributed by atoms with van der Waals surface area (Å²) < 4.78 is 0. The molecular weight excluding hydrogens is 296 g/mol. The van der Waals surface area contributed by atoms with E-state index in [9.17, 15) is 4.79 Å². The molecule has 1 aromatic heterocycles. The van der Waals surface area contributed by atoms with Gasteiger partial charge >= 0.3 is 5.97 Å². The zero-order valence-electron chi connectivity index (χ0n) is 11.7. The Bertz CT molecular complexity index is 767. The highest BCUT2D eigenvalue weighted by atomic mass is 32.2. The summed E-state index contributed by atoms with van der Waals surface area (Å²) in [6.07, 6.45) is 0. The quantitative estimate of drug-likeness (QED) is 0.697. The summed E-state index contributed by atoms with van der Waals surface area (Å²) in [5.74, 6) is -0.0834. The lowest BCUT2D eigenvalue weighted by molar-refractivity contribution is 0.0690. The fourth-order valence-corrected chi connectivity index (χ4v) is 2.90. The number of nitrogens with one attached hydrogen (secondary N) is 1. The fourth-order valence-electron chi connectivity index (χ4n) is 2.04. The van der Waals surface area contributed by atoms with Crippen LogP contribution in [0, 0.1) is 0 Å². The molecule has 0 radical (unpaired) electrons. The van der Waals surface area contributed by atoms with Crippen LogP contribution < -0.4 is 0 Å². The molecule has 2 N–H and O–H groups in total. The minimum atomic E-state index is -1.01. The molecule has 0 unspecified atom stereocenters. The number of rotatable bonds is 5. The first-order chi connectivity index (χ1) is 10.7. The molecule has 1 heterocycles. The van der Waals surface area contributed by atoms with E-state index in [1.165, 1.54) is 16.5 Å². The maximum absolute atomic E-state index is 10.8. The van der Waals surface area contributed by atoms with E-state index >= 15 is 0 Å². The number of thioether (sulfide) groups is 1. The van der Waals surface area contributed by atoms with Gasteiger partial charge in [0.05, 0.1) is 5.69 Å². The first-order valence-corrected chi connectivity index (χ1v) is 7.77. The zero-order valence-corrected chi connectivity index (χ0v) is 12.5. The number of carboxylic acid groups (broad SMARTS) is 1. The summed E-state index contributed by atoms with van der Waals surface area (Å²) in [5, 5.41) is 15.4. The summed E-state index contributed by atoms with van der Waals surface area (Å²) in [5.41, 5.74) is 2.91. The Morgan fingerprint density at radius 3 is 2.45 bits per heavy atom. The SMILES string of the molecule is O=C(O)c1cc(-c2ccc(SCc3ccccc3)cc2)n[nH]1. The topological polar surface area (TPSA) is 66.0 Å². The average Bonchev–Trinajstić information content (AvgIpc) is 3.05. The van der Waals surface area contributed by atoms with Gasteiger partial charge in [0.1, 0.15) is 5.69 Å². The Morgan fingerprint density at radius 1 is 1.09 bits per heavy atom. The second-order valence-electron chi connectivity index (χ2n) is 4.77. The third-order valence-electron chi connectivity index (χ3n) is 3.21. The maximum atomic E-state index is 10.8. The number of hydrogen-bond acceptors (Lipinski definition) is 3. The highest BCUT2D eigenvalue weighted by molar-refractivity contribution is 7.98. The monoisotopic (exact) mass is 310 g/mol. The van der Waals surface area contributed by atoms with Gasteiger partial charge in [0, 0.05) is 16.2 Å². The minimum Gasteiger partial charge on any atom is -0.477 e. The Hall–Kier alpha value is -2.53. The highest BCUT2D eigenvalue weighted by Crippen LogP contribution is 2.26. The summed E-state index contributed by atoms with van der Waals surface area (Å²) in [6, 6.07) is 19.8. The molecule has 0 saturated carbocycles. The normalized spacial score (nSPS) is 10.5. The maximum Gasteiger partial charge on any atom is 0.353 e. The number of aromatic carboxylic acids is 1. The van der Waals surface area contributed by atoms with Gasteiger partial charge in [0.15, 0.2) is 0 Å². The van der Waals surface area contributed by atoms with Crippen LogP contribution >= 0.6 is 11.8 Å². The van der Waals surface area contributed by atoms with Gasteiger partial charge < -0.3 is 5.11 Å². The third kappa shape index (κ3) is 3.38. The number of aromatic nitrogens is 2. The fraction of sp³-hybridized carbons (Fsp3) is 0.0588. The summed E-state index contributed by atoms with van der Waals surface area (Å²) in [6.45, 7) is 0. The Kier molecular flexibility index (Phi) is 4.25. The van der Waals surface area contributed by atoms with Crippen LogP contribution in [0.3, 0.4) is 0 Å². The molecule has 22 heavy (non-hydrogen) atoms. The molecule has 3 aromatic rings. The van der Waals surface area contributed by atoms with Gasteiger partial charge in [0.2, 0.25) is 0 Å². The van der Waals surface area contributed by atoms with Crippen molar-refractivity contribution in [3.8, 4) is 11.3 Å². The van der Waals surface area contributed by atoms with Crippen LogP contribution in [0.5, 0.6) is 0 Å². The van der Waals surface area contributed by atoms with Gasteiger partial charge in [-0.3, -0.25) is 5.10 Å². The first kappa shape index (κ1) is 14.4. The van der Waals surface area contributed by atoms with Crippen molar-refractivity contribution < 1.29 is 9.90 Å². The second-order valence-corrected chi connectivity index (χ2v) is 5.82. The molecule has 5 heteroatoms. The van der Waals surface area contributed by atoms with Crippen LogP contribution in [0.2, 0.25) is 0 Å². The molecule has 0 fully saturated rings. The zero-order chi connectivity index (χ0) is 15.4. The smallest absolute Gasteiger partial charge is 0.353 e. The molecule has 3 rings (SSSR count). The van der Waals surface area contributed by atoms with Crippen molar-refractivity contribution in [2.45, 2.75) is 10.6 Å². The lowest BCUT2D eigenvalue weighted by atomic mass is 10.1. The van der Waals surface area contributed by atoms with Crippen LogP contribution in [-0.2, 0) is 5.75 Å². The van der Waals surface area contributed by atoms with E-state index in [-0.39, 0.29) is 5.69 Å². The molecule has 0 amide bonds. The molecular formula is C17H14N2O2S. The van der Waals surface area contributed by atoms with E-state index in [2.05, 4.69) is 22.3 Å². The third-order valence-corrected chi connectivity index (χ3v) is 4.29. The lowest BCUT2D eigenvalue weighted by Crippen LogP contribution is -1.95. The van der Waals surface area contributed by atoms with E-state index < -0.39 is 5.97 Å². The number of carboxylic acids is 1. The van der Waals surface area contributed by atoms with Crippen LogP contribution in [0.4, 0.5) is 0 Å². The number of H-pyrrole nitrogens is 1. The second kappa shape index (κ2) is 6.49. The van der Waals surface area contributed by atoms with Crippen molar-refractivity contribution in [2.24, 2.45) is 0 Å². The van der Waals surface area contributed by atoms with Gasteiger partial charge in [-0.15, -0.1) is 11.8 Å². The molecule has 0 spiro atoms. The molecule has 0 atom stereocenters. The van der Waals surface area contributed by atoms with E-state index in [4.69, 9.17) is 5.11 Å². The molecule has 0 aliphatic carbocycles. The lowest BCUT2D eigenvalue weighted by Gasteiger charge is -2.03.